The van der Waals surface area contributed by atoms with Crippen LogP contribution in [0.4, 0.5) is 0 Å². The van der Waals surface area contributed by atoms with Crippen molar-refractivity contribution >= 4 is 12.4 Å². The minimum Gasteiger partial charge on any atom is -0.330 e. The van der Waals surface area contributed by atoms with Gasteiger partial charge in [0.05, 0.1) is 0 Å². The maximum Gasteiger partial charge on any atom is 0 e. The molecule has 0 atom stereocenters. The number of halogens is 1. The minimum absolute atomic E-state index is 0. The fraction of sp³-hybridized carbons (Fsp3) is 0.889. The molecule has 0 aliphatic carbocycles. The quantitative estimate of drug-likeness (QED) is 0.202. The molecular weight excluding hydrogens is 331 g/mol. The Morgan fingerprint density at radius 1 is 0.619 bits per heavy atom. The number of hydrogen-bond acceptors (Lipinski definition) is 1. The van der Waals surface area contributed by atoms with Crippen LogP contribution in [-0.4, -0.2) is 6.54 Å². The first-order valence-corrected chi connectivity index (χ1v) is 8.77. The number of unbranched alkanes of at least 4 members (excludes halogenated alkanes) is 12. The molecule has 0 heterocycles. The minimum atomic E-state index is 0. The molecule has 0 radical (unpaired) electrons. The number of hydrogen-bond donors (Lipinski definition) is 1. The van der Waals surface area contributed by atoms with Crippen LogP contribution >= 0.6 is 12.4 Å². The predicted octanol–water partition coefficient (Wildman–Crippen LogP) is 6.40. The van der Waals surface area contributed by atoms with Gasteiger partial charge in [-0.15, -0.1) is 12.4 Å². The van der Waals surface area contributed by atoms with Crippen LogP contribution in [0.3, 0.4) is 0 Å². The van der Waals surface area contributed by atoms with Gasteiger partial charge in [-0.25, -0.2) is 0 Å². The smallest absolute Gasteiger partial charge is 0 e. The topological polar surface area (TPSA) is 26.0 Å². The molecule has 0 fully saturated rings. The van der Waals surface area contributed by atoms with E-state index in [2.05, 4.69) is 19.1 Å². The van der Waals surface area contributed by atoms with E-state index in [0.717, 1.165) is 6.54 Å². The van der Waals surface area contributed by atoms with Crippen LogP contribution in [0, 0.1) is 0 Å². The van der Waals surface area contributed by atoms with Gasteiger partial charge < -0.3 is 5.73 Å². The van der Waals surface area contributed by atoms with Crippen molar-refractivity contribution in [1.82, 2.24) is 0 Å². The molecule has 1 nitrogen and oxygen atoms in total. The Morgan fingerprint density at radius 2 is 1.00 bits per heavy atom. The molecule has 0 saturated heterocycles. The molecule has 0 bridgehead atoms. The molecule has 124 valence electrons. The van der Waals surface area contributed by atoms with Crippen LogP contribution in [0.5, 0.6) is 0 Å². The molecule has 2 N–H and O–H groups in total. The molecule has 0 saturated carbocycles. The van der Waals surface area contributed by atoms with E-state index in [9.17, 15) is 0 Å². The Hall–Kier alpha value is 0.613. The monoisotopic (exact) mass is 367 g/mol. The van der Waals surface area contributed by atoms with Crippen molar-refractivity contribution in [2.75, 3.05) is 6.54 Å². The zero-order valence-electron chi connectivity index (χ0n) is 14.5. The molecule has 0 amide bonds. The molecule has 0 rings (SSSR count). The van der Waals surface area contributed by atoms with E-state index < -0.39 is 0 Å². The summed E-state index contributed by atoms with van der Waals surface area (Å²) in [6.45, 7) is 3.14. The zero-order chi connectivity index (χ0) is 14.0. The summed E-state index contributed by atoms with van der Waals surface area (Å²) in [5.74, 6) is 0. The van der Waals surface area contributed by atoms with Gasteiger partial charge in [-0.05, 0) is 38.6 Å². The third kappa shape index (κ3) is 25.9. The van der Waals surface area contributed by atoms with Gasteiger partial charge in [0, 0.05) is 19.5 Å². The largest absolute Gasteiger partial charge is 0.330 e. The van der Waals surface area contributed by atoms with Crippen LogP contribution in [-0.2, 0) is 19.5 Å². The Labute approximate surface area is 153 Å². The van der Waals surface area contributed by atoms with Gasteiger partial charge in [0.25, 0.3) is 0 Å². The van der Waals surface area contributed by atoms with Crippen molar-refractivity contribution in [2.45, 2.75) is 96.8 Å². The Kier molecular flexibility index (Phi) is 32.3. The number of allylic oxidation sites excluding steroid dienone is 2. The standard InChI is InChI=1S/C18H37N.ClH.Zn/c1-2-3-4-5-6-7-8-9-10-11-12-13-14-15-16-17-18-19;;/h9-10H,2-8,11-19H2,1H3;1H;/b10-9-;;. The van der Waals surface area contributed by atoms with E-state index >= 15 is 0 Å². The van der Waals surface area contributed by atoms with E-state index in [-0.39, 0.29) is 31.9 Å². The van der Waals surface area contributed by atoms with Crippen molar-refractivity contribution in [3.63, 3.8) is 0 Å². The molecule has 0 aromatic carbocycles. The van der Waals surface area contributed by atoms with Crippen molar-refractivity contribution in [3.8, 4) is 0 Å². The third-order valence-electron chi connectivity index (χ3n) is 3.72. The van der Waals surface area contributed by atoms with E-state index in [1.54, 1.807) is 0 Å². The zero-order valence-corrected chi connectivity index (χ0v) is 18.2. The molecule has 0 aromatic heterocycles. The van der Waals surface area contributed by atoms with Crippen LogP contribution in [0.15, 0.2) is 12.2 Å². The summed E-state index contributed by atoms with van der Waals surface area (Å²) >= 11 is 0. The summed E-state index contributed by atoms with van der Waals surface area (Å²) in [4.78, 5) is 0. The van der Waals surface area contributed by atoms with Crippen molar-refractivity contribution in [3.05, 3.63) is 12.2 Å². The van der Waals surface area contributed by atoms with E-state index in [0.29, 0.717) is 0 Å². The van der Waals surface area contributed by atoms with E-state index in [4.69, 9.17) is 5.73 Å². The number of rotatable bonds is 15. The van der Waals surface area contributed by atoms with Crippen molar-refractivity contribution in [2.24, 2.45) is 5.73 Å². The van der Waals surface area contributed by atoms with Gasteiger partial charge in [0.2, 0.25) is 0 Å². The first-order valence-electron chi connectivity index (χ1n) is 8.77. The predicted molar refractivity (Wildman–Crippen MR) is 95.8 cm³/mol. The fourth-order valence-electron chi connectivity index (χ4n) is 2.39. The summed E-state index contributed by atoms with van der Waals surface area (Å²) in [5, 5.41) is 0. The second kappa shape index (κ2) is 25.6. The maximum atomic E-state index is 5.47. The SMILES string of the molecule is CCCCCCCC/C=C\CCCCCCCCN.Cl.[Zn]. The van der Waals surface area contributed by atoms with Gasteiger partial charge >= 0.3 is 0 Å². The molecule has 0 aliphatic heterocycles. The molecule has 0 spiro atoms. The van der Waals surface area contributed by atoms with Crippen LogP contribution in [0.25, 0.3) is 0 Å². The van der Waals surface area contributed by atoms with Gasteiger partial charge in [-0.2, -0.15) is 0 Å². The van der Waals surface area contributed by atoms with Gasteiger partial charge in [-0.1, -0.05) is 76.9 Å². The Balaban J connectivity index is -0.00000162. The summed E-state index contributed by atoms with van der Waals surface area (Å²) in [6.07, 6.45) is 23.9. The maximum absolute atomic E-state index is 5.47. The Bertz CT molecular complexity index is 186. The normalized spacial score (nSPS) is 10.4. The van der Waals surface area contributed by atoms with E-state index in [1.807, 2.05) is 0 Å². The third-order valence-corrected chi connectivity index (χ3v) is 3.72. The Morgan fingerprint density at radius 3 is 1.43 bits per heavy atom. The van der Waals surface area contributed by atoms with Gasteiger partial charge in [-0.3, -0.25) is 0 Å². The van der Waals surface area contributed by atoms with Crippen LogP contribution in [0.2, 0.25) is 0 Å². The molecule has 21 heavy (non-hydrogen) atoms. The van der Waals surface area contributed by atoms with Gasteiger partial charge in [0.15, 0.2) is 0 Å². The van der Waals surface area contributed by atoms with Crippen molar-refractivity contribution in [1.29, 1.82) is 0 Å². The summed E-state index contributed by atoms with van der Waals surface area (Å²) in [7, 11) is 0. The number of nitrogens with two attached hydrogens (primary N) is 1. The summed E-state index contributed by atoms with van der Waals surface area (Å²) in [5.41, 5.74) is 5.47. The first-order chi connectivity index (χ1) is 9.41. The second-order valence-corrected chi connectivity index (χ2v) is 5.73. The molecule has 3 heteroatoms. The fourth-order valence-corrected chi connectivity index (χ4v) is 2.39. The molecular formula is C18H38ClNZn. The summed E-state index contributed by atoms with van der Waals surface area (Å²) < 4.78 is 0. The van der Waals surface area contributed by atoms with Crippen LogP contribution < -0.4 is 5.73 Å². The first kappa shape index (κ1) is 26.5. The molecule has 0 aliphatic rings. The second-order valence-electron chi connectivity index (χ2n) is 5.73. The average Bonchev–Trinajstić information content (AvgIpc) is 2.43. The van der Waals surface area contributed by atoms with Crippen molar-refractivity contribution < 1.29 is 19.5 Å². The van der Waals surface area contributed by atoms with Gasteiger partial charge in [0.1, 0.15) is 0 Å². The van der Waals surface area contributed by atoms with E-state index in [1.165, 1.54) is 89.9 Å². The molecule has 0 aromatic rings. The molecule has 0 unspecified atom stereocenters. The van der Waals surface area contributed by atoms with Crippen LogP contribution in [0.1, 0.15) is 96.8 Å². The average molecular weight is 369 g/mol. The summed E-state index contributed by atoms with van der Waals surface area (Å²) in [6, 6.07) is 0.